The SMILES string of the molecule is CCOCOC(=O)c1ccc(OC(=O)c2ccc(C(=O)Oc3ccc(C(=O)OCC4CO4)cc3)cc2)cc1. The maximum atomic E-state index is 12.5. The van der Waals surface area contributed by atoms with Gasteiger partial charge in [0, 0.05) is 6.61 Å². The summed E-state index contributed by atoms with van der Waals surface area (Å²) in [5.41, 5.74) is 1.03. The number of hydrogen-bond donors (Lipinski definition) is 0. The molecule has 1 aliphatic heterocycles. The Labute approximate surface area is 218 Å². The summed E-state index contributed by atoms with van der Waals surface area (Å²) in [5.74, 6) is -1.86. The Hall–Kier alpha value is -4.54. The molecule has 1 aliphatic rings. The topological polar surface area (TPSA) is 127 Å². The molecule has 0 radical (unpaired) electrons. The van der Waals surface area contributed by atoms with Crippen LogP contribution in [-0.2, 0) is 18.9 Å². The second kappa shape index (κ2) is 12.6. The van der Waals surface area contributed by atoms with E-state index in [-0.39, 0.29) is 47.7 Å². The first-order valence-electron chi connectivity index (χ1n) is 11.7. The number of carbonyl (C=O) groups excluding carboxylic acids is 4. The molecule has 38 heavy (non-hydrogen) atoms. The van der Waals surface area contributed by atoms with Crippen LogP contribution in [0.1, 0.15) is 48.4 Å². The van der Waals surface area contributed by atoms with Crippen molar-refractivity contribution in [2.24, 2.45) is 0 Å². The lowest BCUT2D eigenvalue weighted by Crippen LogP contribution is -2.12. The summed E-state index contributed by atoms with van der Waals surface area (Å²) in [7, 11) is 0. The van der Waals surface area contributed by atoms with Crippen molar-refractivity contribution in [1.82, 2.24) is 0 Å². The fourth-order valence-electron chi connectivity index (χ4n) is 3.07. The second-order valence-electron chi connectivity index (χ2n) is 8.00. The molecule has 196 valence electrons. The first kappa shape index (κ1) is 26.5. The number of esters is 4. The highest BCUT2D eigenvalue weighted by atomic mass is 16.7. The minimum absolute atomic E-state index is 0.0254. The maximum Gasteiger partial charge on any atom is 0.343 e. The van der Waals surface area contributed by atoms with Gasteiger partial charge in [-0.05, 0) is 79.7 Å². The summed E-state index contributed by atoms with van der Waals surface area (Å²) in [6, 6.07) is 17.5. The van der Waals surface area contributed by atoms with E-state index in [9.17, 15) is 19.2 Å². The van der Waals surface area contributed by atoms with Gasteiger partial charge in [-0.15, -0.1) is 0 Å². The van der Waals surface area contributed by atoms with E-state index in [0.29, 0.717) is 18.8 Å². The average Bonchev–Trinajstić information content (AvgIpc) is 3.77. The van der Waals surface area contributed by atoms with Gasteiger partial charge in [0.15, 0.2) is 6.79 Å². The van der Waals surface area contributed by atoms with E-state index >= 15 is 0 Å². The summed E-state index contributed by atoms with van der Waals surface area (Å²) >= 11 is 0. The first-order chi connectivity index (χ1) is 18.4. The molecule has 3 aromatic carbocycles. The van der Waals surface area contributed by atoms with Gasteiger partial charge < -0.3 is 28.4 Å². The zero-order valence-corrected chi connectivity index (χ0v) is 20.4. The summed E-state index contributed by atoms with van der Waals surface area (Å²) in [5, 5.41) is 0. The van der Waals surface area contributed by atoms with Crippen LogP contribution in [0.2, 0.25) is 0 Å². The van der Waals surface area contributed by atoms with Crippen molar-refractivity contribution in [3.05, 3.63) is 95.1 Å². The van der Waals surface area contributed by atoms with Gasteiger partial charge in [-0.3, -0.25) is 0 Å². The molecule has 0 aromatic heterocycles. The minimum Gasteiger partial charge on any atom is -0.459 e. The van der Waals surface area contributed by atoms with Crippen molar-refractivity contribution in [3.63, 3.8) is 0 Å². The number of benzene rings is 3. The molecule has 0 saturated carbocycles. The fourth-order valence-corrected chi connectivity index (χ4v) is 3.07. The van der Waals surface area contributed by atoms with E-state index in [4.69, 9.17) is 28.4 Å². The van der Waals surface area contributed by atoms with Gasteiger partial charge in [0.05, 0.1) is 28.9 Å². The van der Waals surface area contributed by atoms with Crippen molar-refractivity contribution < 1.29 is 47.6 Å². The second-order valence-corrected chi connectivity index (χ2v) is 8.00. The number of hydrogen-bond acceptors (Lipinski definition) is 10. The molecule has 3 aromatic rings. The number of epoxide rings is 1. The number of rotatable bonds is 11. The lowest BCUT2D eigenvalue weighted by atomic mass is 10.1. The Morgan fingerprint density at radius 1 is 0.658 bits per heavy atom. The van der Waals surface area contributed by atoms with Crippen LogP contribution in [0.15, 0.2) is 72.8 Å². The molecular formula is C28H24O10. The number of ether oxygens (including phenoxy) is 6. The van der Waals surface area contributed by atoms with Gasteiger partial charge in [0.1, 0.15) is 24.2 Å². The van der Waals surface area contributed by atoms with Gasteiger partial charge in [-0.25, -0.2) is 19.2 Å². The Morgan fingerprint density at radius 3 is 1.47 bits per heavy atom. The molecule has 0 spiro atoms. The molecule has 1 saturated heterocycles. The molecule has 0 aliphatic carbocycles. The molecule has 10 nitrogen and oxygen atoms in total. The molecule has 0 bridgehead atoms. The van der Waals surface area contributed by atoms with E-state index in [1.165, 1.54) is 72.8 Å². The summed E-state index contributed by atoms with van der Waals surface area (Å²) in [6.45, 7) is 2.86. The van der Waals surface area contributed by atoms with Crippen molar-refractivity contribution in [2.75, 3.05) is 26.6 Å². The van der Waals surface area contributed by atoms with Crippen molar-refractivity contribution in [3.8, 4) is 11.5 Å². The molecule has 10 heteroatoms. The normalized spacial score (nSPS) is 13.8. The molecule has 0 N–H and O–H groups in total. The van der Waals surface area contributed by atoms with Crippen LogP contribution in [0.3, 0.4) is 0 Å². The summed E-state index contributed by atoms with van der Waals surface area (Å²) in [4.78, 5) is 48.8. The lowest BCUT2D eigenvalue weighted by Gasteiger charge is -2.08. The minimum atomic E-state index is -0.646. The van der Waals surface area contributed by atoms with Crippen LogP contribution in [0.25, 0.3) is 0 Å². The molecule has 4 rings (SSSR count). The third-order valence-corrected chi connectivity index (χ3v) is 5.24. The monoisotopic (exact) mass is 520 g/mol. The summed E-state index contributed by atoms with van der Waals surface area (Å²) in [6.07, 6.45) is -0.0254. The number of carbonyl (C=O) groups is 4. The van der Waals surface area contributed by atoms with E-state index in [1.807, 2.05) is 0 Å². The molecule has 1 atom stereocenters. The standard InChI is InChI=1S/C28H24O10/c1-2-33-17-36-26(30)19-9-13-23(14-10-19)38-28(32)21-5-3-20(4-6-21)27(31)37-22-11-7-18(8-12-22)25(29)35-16-24-15-34-24/h3-14,24H,2,15-17H2,1H3. The van der Waals surface area contributed by atoms with Gasteiger partial charge in [-0.2, -0.15) is 0 Å². The predicted octanol–water partition coefficient (Wildman–Crippen LogP) is 3.83. The lowest BCUT2D eigenvalue weighted by molar-refractivity contribution is -0.0274. The maximum absolute atomic E-state index is 12.5. The van der Waals surface area contributed by atoms with Crippen LogP contribution < -0.4 is 9.47 Å². The van der Waals surface area contributed by atoms with E-state index in [1.54, 1.807) is 6.92 Å². The molecule has 0 amide bonds. The van der Waals surface area contributed by atoms with Crippen molar-refractivity contribution in [1.29, 1.82) is 0 Å². The van der Waals surface area contributed by atoms with Crippen LogP contribution in [0.4, 0.5) is 0 Å². The Balaban J connectivity index is 1.27. The fraction of sp³-hybridized carbons (Fsp3) is 0.214. The predicted molar refractivity (Wildman–Crippen MR) is 131 cm³/mol. The molecular weight excluding hydrogens is 496 g/mol. The van der Waals surface area contributed by atoms with Crippen LogP contribution in [-0.4, -0.2) is 56.6 Å². The van der Waals surface area contributed by atoms with Gasteiger partial charge in [-0.1, -0.05) is 0 Å². The van der Waals surface area contributed by atoms with Crippen LogP contribution in [0, 0.1) is 0 Å². The van der Waals surface area contributed by atoms with E-state index in [0.717, 1.165) is 0 Å². The van der Waals surface area contributed by atoms with Crippen molar-refractivity contribution >= 4 is 23.9 Å². The third-order valence-electron chi connectivity index (χ3n) is 5.24. The quantitative estimate of drug-likeness (QED) is 0.121. The van der Waals surface area contributed by atoms with Crippen LogP contribution >= 0.6 is 0 Å². The zero-order valence-electron chi connectivity index (χ0n) is 20.4. The molecule has 1 heterocycles. The highest BCUT2D eigenvalue weighted by molar-refractivity contribution is 5.95. The van der Waals surface area contributed by atoms with Crippen LogP contribution in [0.5, 0.6) is 11.5 Å². The summed E-state index contributed by atoms with van der Waals surface area (Å²) < 4.78 is 30.6. The molecule has 1 unspecified atom stereocenters. The molecule has 1 fully saturated rings. The van der Waals surface area contributed by atoms with Crippen molar-refractivity contribution in [2.45, 2.75) is 13.0 Å². The highest BCUT2D eigenvalue weighted by Gasteiger charge is 2.24. The average molecular weight is 520 g/mol. The van der Waals surface area contributed by atoms with E-state index in [2.05, 4.69) is 0 Å². The van der Waals surface area contributed by atoms with Gasteiger partial charge in [0.25, 0.3) is 0 Å². The Bertz CT molecular complexity index is 1280. The smallest absolute Gasteiger partial charge is 0.343 e. The van der Waals surface area contributed by atoms with Gasteiger partial charge in [0.2, 0.25) is 0 Å². The highest BCUT2D eigenvalue weighted by Crippen LogP contribution is 2.18. The zero-order chi connectivity index (χ0) is 26.9. The Kier molecular flexibility index (Phi) is 8.81. The van der Waals surface area contributed by atoms with E-state index < -0.39 is 23.9 Å². The largest absolute Gasteiger partial charge is 0.459 e. The van der Waals surface area contributed by atoms with Gasteiger partial charge >= 0.3 is 23.9 Å². The Morgan fingerprint density at radius 2 is 1.05 bits per heavy atom. The first-order valence-corrected chi connectivity index (χ1v) is 11.7. The third kappa shape index (κ3) is 7.48.